The van der Waals surface area contributed by atoms with Crippen molar-refractivity contribution in [1.82, 2.24) is 20.8 Å². The Bertz CT molecular complexity index is 777. The fourth-order valence-corrected chi connectivity index (χ4v) is 3.49. The van der Waals surface area contributed by atoms with E-state index < -0.39 is 0 Å². The summed E-state index contributed by atoms with van der Waals surface area (Å²) < 4.78 is 10.6. The van der Waals surface area contributed by atoms with Gasteiger partial charge in [0, 0.05) is 50.9 Å². The first-order valence-electron chi connectivity index (χ1n) is 9.66. The second-order valence-corrected chi connectivity index (χ2v) is 7.65. The largest absolute Gasteiger partial charge is 0.385 e. The number of nitrogens with zero attached hydrogens (tertiary/aromatic N) is 3. The molecule has 0 saturated heterocycles. The highest BCUT2D eigenvalue weighted by Crippen LogP contribution is 2.43. The van der Waals surface area contributed by atoms with Crippen LogP contribution in [0.1, 0.15) is 31.6 Å². The number of guanidine groups is 1. The van der Waals surface area contributed by atoms with E-state index in [1.807, 2.05) is 24.3 Å². The van der Waals surface area contributed by atoms with Gasteiger partial charge < -0.3 is 19.9 Å². The molecule has 1 fully saturated rings. The number of ether oxygens (including phenoxy) is 1. The van der Waals surface area contributed by atoms with Crippen LogP contribution in [-0.2, 0) is 11.2 Å². The Labute approximate surface area is 194 Å². The van der Waals surface area contributed by atoms with Gasteiger partial charge in [-0.1, -0.05) is 23.2 Å². The Kier molecular flexibility index (Phi) is 9.64. The summed E-state index contributed by atoms with van der Waals surface area (Å²) in [5.74, 6) is 1.95. The van der Waals surface area contributed by atoms with E-state index in [2.05, 4.69) is 25.8 Å². The van der Waals surface area contributed by atoms with E-state index in [4.69, 9.17) is 20.9 Å². The highest BCUT2D eigenvalue weighted by Gasteiger charge is 2.36. The van der Waals surface area contributed by atoms with Crippen molar-refractivity contribution >= 4 is 41.5 Å². The number of halogens is 2. The maximum absolute atomic E-state index is 5.91. The second kappa shape index (κ2) is 11.7. The summed E-state index contributed by atoms with van der Waals surface area (Å²) >= 11 is 5.91. The molecule has 7 nitrogen and oxygen atoms in total. The summed E-state index contributed by atoms with van der Waals surface area (Å²) in [6.07, 6.45) is 5.50. The van der Waals surface area contributed by atoms with Crippen molar-refractivity contribution in [3.63, 3.8) is 0 Å². The van der Waals surface area contributed by atoms with Crippen LogP contribution in [0.4, 0.5) is 0 Å². The molecular weight excluding hydrogens is 505 g/mol. The summed E-state index contributed by atoms with van der Waals surface area (Å²) in [5, 5.41) is 11.5. The number of aliphatic imine (C=N–C) groups is 1. The van der Waals surface area contributed by atoms with E-state index >= 15 is 0 Å². The molecule has 2 N–H and O–H groups in total. The summed E-state index contributed by atoms with van der Waals surface area (Å²) in [6.45, 7) is 2.38. The van der Waals surface area contributed by atoms with E-state index in [1.165, 1.54) is 19.3 Å². The third kappa shape index (κ3) is 6.82. The molecule has 0 unspecified atom stereocenters. The monoisotopic (exact) mass is 533 g/mol. The number of methoxy groups -OCH3 is 1. The predicted octanol–water partition coefficient (Wildman–Crippen LogP) is 3.92. The van der Waals surface area contributed by atoms with Crippen LogP contribution < -0.4 is 10.6 Å². The average Bonchev–Trinajstić information content (AvgIpc) is 3.14. The molecule has 0 atom stereocenters. The predicted molar refractivity (Wildman–Crippen MR) is 126 cm³/mol. The van der Waals surface area contributed by atoms with Crippen molar-refractivity contribution in [3.8, 4) is 11.4 Å². The zero-order chi connectivity index (χ0) is 19.8. The van der Waals surface area contributed by atoms with Crippen LogP contribution in [0.2, 0.25) is 5.02 Å². The third-order valence-corrected chi connectivity index (χ3v) is 5.56. The zero-order valence-corrected chi connectivity index (χ0v) is 20.0. The maximum atomic E-state index is 5.91. The van der Waals surface area contributed by atoms with Gasteiger partial charge in [0.15, 0.2) is 5.96 Å². The molecule has 1 aliphatic rings. The molecule has 0 bridgehead atoms. The number of benzene rings is 1. The molecule has 29 heavy (non-hydrogen) atoms. The van der Waals surface area contributed by atoms with Crippen molar-refractivity contribution < 1.29 is 9.26 Å². The maximum Gasteiger partial charge on any atom is 0.228 e. The normalized spacial score (nSPS) is 15.3. The van der Waals surface area contributed by atoms with Crippen LogP contribution in [0.3, 0.4) is 0 Å². The number of nitrogens with one attached hydrogen (secondary N) is 2. The van der Waals surface area contributed by atoms with Gasteiger partial charge in [-0.15, -0.1) is 24.0 Å². The lowest BCUT2D eigenvalue weighted by atomic mass is 9.67. The minimum Gasteiger partial charge on any atom is -0.385 e. The molecule has 0 aliphatic heterocycles. The quantitative estimate of drug-likeness (QED) is 0.289. The van der Waals surface area contributed by atoms with Crippen molar-refractivity contribution in [2.45, 2.75) is 32.1 Å². The first-order valence-corrected chi connectivity index (χ1v) is 10.0. The highest BCUT2D eigenvalue weighted by molar-refractivity contribution is 14.0. The number of aromatic nitrogens is 2. The van der Waals surface area contributed by atoms with Gasteiger partial charge in [0.25, 0.3) is 0 Å². The van der Waals surface area contributed by atoms with E-state index in [0.29, 0.717) is 35.1 Å². The van der Waals surface area contributed by atoms with Gasteiger partial charge in [0.2, 0.25) is 11.7 Å². The van der Waals surface area contributed by atoms with Gasteiger partial charge in [0.05, 0.1) is 0 Å². The lowest BCUT2D eigenvalue weighted by Crippen LogP contribution is -2.47. The second-order valence-electron chi connectivity index (χ2n) is 7.22. The van der Waals surface area contributed by atoms with Crippen LogP contribution in [-0.4, -0.2) is 50.0 Å². The minimum absolute atomic E-state index is 0. The Hall–Kier alpha value is -1.39. The van der Waals surface area contributed by atoms with Gasteiger partial charge in [-0.25, -0.2) is 0 Å². The van der Waals surface area contributed by atoms with Crippen LogP contribution >= 0.6 is 35.6 Å². The standard InChI is InChI=1S/C20H28ClN5O2.HI/c1-22-19(24-14-20(9-3-10-20)11-13-27-2)23-12-8-17-25-18(26-28-17)15-4-6-16(21)7-5-15;/h4-7H,3,8-14H2,1-2H3,(H2,22,23,24);1H. The Morgan fingerprint density at radius 1 is 1.28 bits per heavy atom. The molecule has 1 aliphatic carbocycles. The number of hydrogen-bond acceptors (Lipinski definition) is 5. The van der Waals surface area contributed by atoms with Crippen molar-refractivity contribution in [3.05, 3.63) is 35.2 Å². The highest BCUT2D eigenvalue weighted by atomic mass is 127. The molecule has 1 aromatic carbocycles. The van der Waals surface area contributed by atoms with Gasteiger partial charge in [-0.3, -0.25) is 4.99 Å². The first kappa shape index (κ1) is 23.9. The molecule has 0 radical (unpaired) electrons. The fraction of sp³-hybridized carbons (Fsp3) is 0.550. The molecular formula is C20H29ClIN5O2. The summed E-state index contributed by atoms with van der Waals surface area (Å²) in [4.78, 5) is 8.75. The molecule has 9 heteroatoms. The molecule has 1 heterocycles. The first-order chi connectivity index (χ1) is 13.6. The topological polar surface area (TPSA) is 84.6 Å². The van der Waals surface area contributed by atoms with Crippen molar-refractivity contribution in [2.75, 3.05) is 33.9 Å². The average molecular weight is 534 g/mol. The summed E-state index contributed by atoms with van der Waals surface area (Å²) in [5.41, 5.74) is 1.22. The van der Waals surface area contributed by atoms with E-state index in [9.17, 15) is 0 Å². The molecule has 3 rings (SSSR count). The number of hydrogen-bond donors (Lipinski definition) is 2. The van der Waals surface area contributed by atoms with E-state index in [-0.39, 0.29) is 24.0 Å². The third-order valence-electron chi connectivity index (χ3n) is 5.31. The molecule has 2 aromatic rings. The van der Waals surface area contributed by atoms with Crippen LogP contribution in [0, 0.1) is 5.41 Å². The van der Waals surface area contributed by atoms with Gasteiger partial charge in [-0.05, 0) is 48.9 Å². The summed E-state index contributed by atoms with van der Waals surface area (Å²) in [6, 6.07) is 7.37. The smallest absolute Gasteiger partial charge is 0.228 e. The minimum atomic E-state index is 0. The van der Waals surface area contributed by atoms with Crippen LogP contribution in [0.25, 0.3) is 11.4 Å². The number of rotatable bonds is 9. The zero-order valence-electron chi connectivity index (χ0n) is 16.9. The van der Waals surface area contributed by atoms with E-state index in [0.717, 1.165) is 31.1 Å². The molecule has 160 valence electrons. The summed E-state index contributed by atoms with van der Waals surface area (Å²) in [7, 11) is 3.54. The SMILES string of the molecule is CN=C(NCCc1nc(-c2ccc(Cl)cc2)no1)NCC1(CCOC)CCC1.I. The van der Waals surface area contributed by atoms with E-state index in [1.54, 1.807) is 14.2 Å². The van der Waals surface area contributed by atoms with Gasteiger partial charge in [-0.2, -0.15) is 4.98 Å². The van der Waals surface area contributed by atoms with Crippen molar-refractivity contribution in [1.29, 1.82) is 0 Å². The fourth-order valence-electron chi connectivity index (χ4n) is 3.36. The lowest BCUT2D eigenvalue weighted by molar-refractivity contribution is 0.0732. The Balaban J connectivity index is 0.00000300. The van der Waals surface area contributed by atoms with Crippen LogP contribution in [0.15, 0.2) is 33.8 Å². The molecule has 1 aromatic heterocycles. The van der Waals surface area contributed by atoms with Gasteiger partial charge in [0.1, 0.15) is 0 Å². The van der Waals surface area contributed by atoms with Crippen LogP contribution in [0.5, 0.6) is 0 Å². The van der Waals surface area contributed by atoms with Crippen molar-refractivity contribution in [2.24, 2.45) is 10.4 Å². The Morgan fingerprint density at radius 2 is 2.03 bits per heavy atom. The molecule has 0 amide bonds. The molecule has 0 spiro atoms. The lowest BCUT2D eigenvalue weighted by Gasteiger charge is -2.42. The Morgan fingerprint density at radius 3 is 2.66 bits per heavy atom. The van der Waals surface area contributed by atoms with Gasteiger partial charge >= 0.3 is 0 Å². The molecule has 1 saturated carbocycles.